The standard InChI is InChI=1S/C15H14ClN5O4/c1-8(9-6-4-5-7-10(9)16)20-12-11(17-14(20)21(24)25)13(22)19(3)15(23)18(12)2/h4-8H,1-3H3/t8-/m1/s1. The first-order valence-electron chi connectivity index (χ1n) is 7.32. The molecule has 3 aromatic rings. The van der Waals surface area contributed by atoms with Crippen LogP contribution in [0.1, 0.15) is 18.5 Å². The Hall–Kier alpha value is -2.94. The summed E-state index contributed by atoms with van der Waals surface area (Å²) in [5, 5.41) is 11.9. The molecule has 3 rings (SSSR count). The summed E-state index contributed by atoms with van der Waals surface area (Å²) in [7, 11) is 2.73. The van der Waals surface area contributed by atoms with Crippen LogP contribution in [0.2, 0.25) is 5.02 Å². The molecule has 0 fully saturated rings. The molecule has 0 spiro atoms. The number of halogens is 1. The van der Waals surface area contributed by atoms with Crippen LogP contribution in [0.3, 0.4) is 0 Å². The van der Waals surface area contributed by atoms with Crippen molar-refractivity contribution in [2.24, 2.45) is 14.1 Å². The average molecular weight is 364 g/mol. The summed E-state index contributed by atoms with van der Waals surface area (Å²) in [4.78, 5) is 39.3. The van der Waals surface area contributed by atoms with E-state index in [1.54, 1.807) is 31.2 Å². The zero-order valence-corrected chi connectivity index (χ0v) is 14.4. The summed E-state index contributed by atoms with van der Waals surface area (Å²) in [6.07, 6.45) is 0. The smallest absolute Gasteiger partial charge is 0.390 e. The van der Waals surface area contributed by atoms with Gasteiger partial charge in [-0.3, -0.25) is 13.9 Å². The minimum atomic E-state index is -0.689. The summed E-state index contributed by atoms with van der Waals surface area (Å²) >= 11 is 6.21. The van der Waals surface area contributed by atoms with E-state index < -0.39 is 28.2 Å². The topological polar surface area (TPSA) is 105 Å². The lowest BCUT2D eigenvalue weighted by Gasteiger charge is -2.14. The van der Waals surface area contributed by atoms with Gasteiger partial charge in [0.15, 0.2) is 0 Å². The van der Waals surface area contributed by atoms with E-state index in [9.17, 15) is 19.7 Å². The van der Waals surface area contributed by atoms with Crippen molar-refractivity contribution < 1.29 is 4.92 Å². The molecule has 1 atom stereocenters. The number of rotatable bonds is 3. The van der Waals surface area contributed by atoms with Crippen LogP contribution in [0.15, 0.2) is 33.9 Å². The van der Waals surface area contributed by atoms with Gasteiger partial charge in [-0.15, -0.1) is 0 Å². The Morgan fingerprint density at radius 3 is 2.44 bits per heavy atom. The van der Waals surface area contributed by atoms with Crippen LogP contribution in [0.5, 0.6) is 0 Å². The third kappa shape index (κ3) is 2.43. The van der Waals surface area contributed by atoms with Gasteiger partial charge in [0.2, 0.25) is 5.65 Å². The fraction of sp³-hybridized carbons (Fsp3) is 0.267. The average Bonchev–Trinajstić information content (AvgIpc) is 2.99. The van der Waals surface area contributed by atoms with Crippen molar-refractivity contribution in [3.8, 4) is 0 Å². The molecular formula is C15H14ClN5O4. The maximum absolute atomic E-state index is 12.3. The molecule has 0 amide bonds. The van der Waals surface area contributed by atoms with Gasteiger partial charge >= 0.3 is 17.2 Å². The molecule has 0 aliphatic heterocycles. The fourth-order valence-electron chi connectivity index (χ4n) is 2.88. The highest BCUT2D eigenvalue weighted by Crippen LogP contribution is 2.31. The minimum absolute atomic E-state index is 0.0761. The first kappa shape index (κ1) is 16.9. The Balaban J connectivity index is 2.47. The zero-order valence-electron chi connectivity index (χ0n) is 13.6. The number of aryl methyl sites for hydroxylation is 1. The van der Waals surface area contributed by atoms with Crippen molar-refractivity contribution in [2.45, 2.75) is 13.0 Å². The highest BCUT2D eigenvalue weighted by atomic mass is 35.5. The van der Waals surface area contributed by atoms with E-state index in [0.29, 0.717) is 10.6 Å². The fourth-order valence-corrected chi connectivity index (χ4v) is 3.17. The summed E-state index contributed by atoms with van der Waals surface area (Å²) in [6, 6.07) is 6.26. The van der Waals surface area contributed by atoms with Crippen molar-refractivity contribution in [1.29, 1.82) is 0 Å². The van der Waals surface area contributed by atoms with Gasteiger partial charge in [-0.05, 0) is 17.9 Å². The van der Waals surface area contributed by atoms with Gasteiger partial charge in [-0.1, -0.05) is 34.8 Å². The summed E-state index contributed by atoms with van der Waals surface area (Å²) in [5.41, 5.74) is -0.742. The summed E-state index contributed by atoms with van der Waals surface area (Å²) in [6.45, 7) is 1.69. The van der Waals surface area contributed by atoms with E-state index in [0.717, 1.165) is 4.57 Å². The van der Waals surface area contributed by atoms with Gasteiger partial charge in [-0.25, -0.2) is 9.36 Å². The third-order valence-electron chi connectivity index (χ3n) is 4.17. The molecule has 0 bridgehead atoms. The van der Waals surface area contributed by atoms with Crippen LogP contribution in [0.4, 0.5) is 5.95 Å². The number of fused-ring (bicyclic) bond motifs is 1. The molecule has 130 valence electrons. The summed E-state index contributed by atoms with van der Waals surface area (Å²) < 4.78 is 3.28. The van der Waals surface area contributed by atoms with Gasteiger partial charge in [0.05, 0.1) is 0 Å². The van der Waals surface area contributed by atoms with Crippen LogP contribution in [-0.4, -0.2) is 23.6 Å². The van der Waals surface area contributed by atoms with Crippen molar-refractivity contribution in [3.63, 3.8) is 0 Å². The Labute approximate surface area is 145 Å². The van der Waals surface area contributed by atoms with Gasteiger partial charge in [0.25, 0.3) is 5.52 Å². The Morgan fingerprint density at radius 1 is 1.20 bits per heavy atom. The highest BCUT2D eigenvalue weighted by molar-refractivity contribution is 6.31. The maximum atomic E-state index is 12.3. The van der Waals surface area contributed by atoms with Crippen LogP contribution >= 0.6 is 11.6 Å². The number of nitrogens with zero attached hydrogens (tertiary/aromatic N) is 5. The number of nitro groups is 1. The molecule has 25 heavy (non-hydrogen) atoms. The molecule has 2 aromatic heterocycles. The third-order valence-corrected chi connectivity index (χ3v) is 4.52. The maximum Gasteiger partial charge on any atom is 0.437 e. The normalized spacial score (nSPS) is 12.5. The van der Waals surface area contributed by atoms with E-state index in [1.807, 2.05) is 0 Å². The quantitative estimate of drug-likeness (QED) is 0.519. The predicted molar refractivity (Wildman–Crippen MR) is 92.1 cm³/mol. The van der Waals surface area contributed by atoms with Gasteiger partial charge in [0, 0.05) is 24.7 Å². The highest BCUT2D eigenvalue weighted by Gasteiger charge is 2.32. The minimum Gasteiger partial charge on any atom is -0.390 e. The number of benzene rings is 1. The molecule has 0 unspecified atom stereocenters. The van der Waals surface area contributed by atoms with Crippen LogP contribution in [0, 0.1) is 10.1 Å². The number of aromatic nitrogens is 4. The zero-order chi connectivity index (χ0) is 18.5. The first-order valence-corrected chi connectivity index (χ1v) is 7.70. The van der Waals surface area contributed by atoms with E-state index >= 15 is 0 Å². The summed E-state index contributed by atoms with van der Waals surface area (Å²) in [5.74, 6) is -0.527. The molecule has 2 heterocycles. The monoisotopic (exact) mass is 363 g/mol. The number of imidazole rings is 1. The van der Waals surface area contributed by atoms with Crippen molar-refractivity contribution in [1.82, 2.24) is 18.7 Å². The molecule has 0 radical (unpaired) electrons. The predicted octanol–water partition coefficient (Wildman–Crippen LogP) is 1.60. The lowest BCUT2D eigenvalue weighted by molar-refractivity contribution is -0.396. The molecule has 9 nitrogen and oxygen atoms in total. The Morgan fingerprint density at radius 2 is 1.84 bits per heavy atom. The Kier molecular flexibility index (Phi) is 3.96. The van der Waals surface area contributed by atoms with Crippen LogP contribution < -0.4 is 11.2 Å². The van der Waals surface area contributed by atoms with Crippen LogP contribution in [0.25, 0.3) is 11.2 Å². The SMILES string of the molecule is C[C@H](c1ccccc1Cl)n1c([N+](=O)[O-])nc2c(=O)n(C)c(=O)n(C)c21. The molecule has 1 aromatic carbocycles. The molecule has 0 saturated heterocycles. The molecule has 0 aliphatic rings. The van der Waals surface area contributed by atoms with E-state index in [1.165, 1.54) is 23.2 Å². The second-order valence-electron chi connectivity index (χ2n) is 5.61. The van der Waals surface area contributed by atoms with E-state index in [4.69, 9.17) is 11.6 Å². The van der Waals surface area contributed by atoms with Gasteiger partial charge in [-0.2, -0.15) is 0 Å². The second-order valence-corrected chi connectivity index (χ2v) is 6.02. The largest absolute Gasteiger partial charge is 0.437 e. The molecular weight excluding hydrogens is 350 g/mol. The van der Waals surface area contributed by atoms with Gasteiger partial charge in [0.1, 0.15) is 6.04 Å². The Bertz CT molecular complexity index is 1130. The second kappa shape index (κ2) is 5.85. The van der Waals surface area contributed by atoms with Crippen LogP contribution in [-0.2, 0) is 14.1 Å². The van der Waals surface area contributed by atoms with E-state index in [-0.39, 0.29) is 11.2 Å². The van der Waals surface area contributed by atoms with Crippen molar-refractivity contribution in [2.75, 3.05) is 0 Å². The van der Waals surface area contributed by atoms with Crippen molar-refractivity contribution >= 4 is 28.7 Å². The molecule has 10 heteroatoms. The lowest BCUT2D eigenvalue weighted by atomic mass is 10.1. The molecule has 0 saturated carbocycles. The molecule has 0 aliphatic carbocycles. The van der Waals surface area contributed by atoms with Gasteiger partial charge < -0.3 is 10.1 Å². The number of hydrogen-bond donors (Lipinski definition) is 0. The van der Waals surface area contributed by atoms with E-state index in [2.05, 4.69) is 4.98 Å². The number of hydrogen-bond acceptors (Lipinski definition) is 5. The van der Waals surface area contributed by atoms with Crippen molar-refractivity contribution in [3.05, 3.63) is 65.8 Å². The lowest BCUT2D eigenvalue weighted by Crippen LogP contribution is -2.37. The first-order chi connectivity index (χ1) is 11.8. The molecule has 0 N–H and O–H groups in total.